The standard InChI is InChI=1S/C81H131F4N3O35/c82-71-65-72(83)77(85)78(76(71)84)123-75(93)9-18-97-22-26-101-30-34-105-38-42-109-46-50-113-54-58-117-61-63-118-59-55-114-51-47-110-43-39-106-35-31-102-27-23-98-19-10-86-73(91)7-17-122-68-81(66-120-14-3-12-89,67-121-15-4-13-90)87-74(92)8-16-96-21-25-100-29-33-104-37-41-108-45-49-112-53-57-116-62-64-119-60-56-115-52-48-111-44-40-107-36-32-103-28-24-99-20-11-88-79(94)69-5-1-2-6-70(69)80(88)95/h1-2,5-6,12-13,65H,3-4,7-11,14-64,66-68H2,(H,86,91)(H,87,92). The fourth-order valence-electron chi connectivity index (χ4n) is 9.94. The minimum absolute atomic E-state index is 0.00319. The van der Waals surface area contributed by atoms with Crippen LogP contribution >= 0.6 is 0 Å². The van der Waals surface area contributed by atoms with E-state index in [1.165, 1.54) is 4.90 Å². The Morgan fingerprint density at radius 1 is 0.309 bits per heavy atom. The summed E-state index contributed by atoms with van der Waals surface area (Å²) < 4.78 is 207. The molecule has 0 unspecified atom stereocenters. The minimum atomic E-state index is -1.81. The summed E-state index contributed by atoms with van der Waals surface area (Å²) in [7, 11) is 0. The summed E-state index contributed by atoms with van der Waals surface area (Å²) in [5.74, 6) is -10.8. The molecule has 4 amide bonds. The smallest absolute Gasteiger partial charge is 0.313 e. The quantitative estimate of drug-likeness (QED) is 0.0182. The maximum atomic E-state index is 13.6. The van der Waals surface area contributed by atoms with Crippen molar-refractivity contribution in [3.05, 3.63) is 64.7 Å². The van der Waals surface area contributed by atoms with Crippen molar-refractivity contribution in [3.63, 3.8) is 0 Å². The summed E-state index contributed by atoms with van der Waals surface area (Å²) in [6, 6.07) is 6.78. The largest absolute Gasteiger partial charge is 0.420 e. The number of benzene rings is 2. The molecule has 38 nitrogen and oxygen atoms in total. The van der Waals surface area contributed by atoms with Gasteiger partial charge in [0.2, 0.25) is 29.2 Å². The highest BCUT2D eigenvalue weighted by Gasteiger charge is 2.36. The molecule has 1 aliphatic heterocycles. The van der Waals surface area contributed by atoms with E-state index in [1.807, 2.05) is 0 Å². The van der Waals surface area contributed by atoms with Crippen molar-refractivity contribution in [2.75, 3.05) is 370 Å². The molecule has 0 radical (unpaired) electrons. The van der Waals surface area contributed by atoms with Crippen LogP contribution in [0.25, 0.3) is 0 Å². The van der Waals surface area contributed by atoms with Crippen molar-refractivity contribution >= 4 is 42.2 Å². The molecule has 1 heterocycles. The highest BCUT2D eigenvalue weighted by Crippen LogP contribution is 2.27. The van der Waals surface area contributed by atoms with E-state index in [4.69, 9.17) is 128 Å². The van der Waals surface area contributed by atoms with E-state index in [1.54, 1.807) is 24.3 Å². The predicted molar refractivity (Wildman–Crippen MR) is 425 cm³/mol. The molecule has 2 aromatic rings. The van der Waals surface area contributed by atoms with Crippen LogP contribution in [0.1, 0.15) is 52.8 Å². The zero-order valence-electron chi connectivity index (χ0n) is 70.9. The summed E-state index contributed by atoms with van der Waals surface area (Å²) in [6.07, 6.45) is 1.26. The zero-order valence-corrected chi connectivity index (χ0v) is 70.9. The molecular formula is C81H131F4N3O35. The number of fused-ring (bicyclic) bond motifs is 1. The van der Waals surface area contributed by atoms with Gasteiger partial charge in [-0.25, -0.2) is 8.78 Å². The van der Waals surface area contributed by atoms with Gasteiger partial charge in [0.15, 0.2) is 11.6 Å². The van der Waals surface area contributed by atoms with Gasteiger partial charge in [0.1, 0.15) is 18.1 Å². The molecule has 0 saturated carbocycles. The second kappa shape index (κ2) is 81.7. The molecule has 42 heteroatoms. The first-order chi connectivity index (χ1) is 60.4. The number of halogens is 4. The van der Waals surface area contributed by atoms with Crippen molar-refractivity contribution in [3.8, 4) is 5.75 Å². The number of esters is 1. The number of nitrogens with one attached hydrogen (secondary N) is 2. The lowest BCUT2D eigenvalue weighted by Gasteiger charge is -2.34. The summed E-state index contributed by atoms with van der Waals surface area (Å²) in [5, 5.41) is 5.71. The van der Waals surface area contributed by atoms with Gasteiger partial charge in [-0.05, 0) is 12.1 Å². The minimum Gasteiger partial charge on any atom is -0.420 e. The van der Waals surface area contributed by atoms with Crippen molar-refractivity contribution < 1.29 is 184 Å². The van der Waals surface area contributed by atoms with Crippen LogP contribution in [-0.2, 0) is 152 Å². The Hall–Kier alpha value is -6.03. The van der Waals surface area contributed by atoms with Crippen LogP contribution < -0.4 is 15.4 Å². The molecule has 1 aliphatic rings. The number of amides is 4. The Morgan fingerprint density at radius 3 is 0.846 bits per heavy atom. The number of imide groups is 1. The zero-order chi connectivity index (χ0) is 88.3. The average Bonchev–Trinajstić information content (AvgIpc) is 1.59. The number of hydrogen-bond donors (Lipinski definition) is 2. The molecular weight excluding hydrogens is 1650 g/mol. The van der Waals surface area contributed by atoms with Crippen LogP contribution in [0.3, 0.4) is 0 Å². The fourth-order valence-corrected chi connectivity index (χ4v) is 9.94. The number of hydrogen-bond acceptors (Lipinski definition) is 35. The van der Waals surface area contributed by atoms with Crippen LogP contribution in [0, 0.1) is 23.3 Å². The topological polar surface area (TPSA) is 405 Å². The van der Waals surface area contributed by atoms with E-state index in [9.17, 15) is 51.1 Å². The highest BCUT2D eigenvalue weighted by atomic mass is 19.2. The van der Waals surface area contributed by atoms with Crippen LogP contribution in [-0.4, -0.2) is 422 Å². The molecule has 2 aromatic carbocycles. The van der Waals surface area contributed by atoms with Crippen LogP contribution in [0.2, 0.25) is 0 Å². The van der Waals surface area contributed by atoms with Gasteiger partial charge in [-0.1, -0.05) is 12.1 Å². The van der Waals surface area contributed by atoms with Crippen molar-refractivity contribution in [2.45, 2.75) is 37.6 Å². The van der Waals surface area contributed by atoms with Gasteiger partial charge in [-0.15, -0.1) is 0 Å². The second-order valence-corrected chi connectivity index (χ2v) is 25.8. The molecule has 708 valence electrons. The lowest BCUT2D eigenvalue weighted by atomic mass is 10.0. The number of ether oxygens (including phenoxy) is 28. The number of carbonyl (C=O) groups is 7. The van der Waals surface area contributed by atoms with Crippen molar-refractivity contribution in [1.82, 2.24) is 15.5 Å². The van der Waals surface area contributed by atoms with Gasteiger partial charge in [-0.3, -0.25) is 28.9 Å². The van der Waals surface area contributed by atoms with Gasteiger partial charge in [0.25, 0.3) is 11.8 Å². The van der Waals surface area contributed by atoms with Crippen molar-refractivity contribution in [2.24, 2.45) is 0 Å². The summed E-state index contributed by atoms with van der Waals surface area (Å²) >= 11 is 0. The Balaban J connectivity index is 0.995. The van der Waals surface area contributed by atoms with Gasteiger partial charge in [-0.2, -0.15) is 8.78 Å². The first kappa shape index (κ1) is 111. The predicted octanol–water partition coefficient (Wildman–Crippen LogP) is 2.21. The molecule has 0 aliphatic carbocycles. The van der Waals surface area contributed by atoms with Crippen molar-refractivity contribution in [1.29, 1.82) is 0 Å². The van der Waals surface area contributed by atoms with Crippen LogP contribution in [0.4, 0.5) is 17.6 Å². The van der Waals surface area contributed by atoms with E-state index >= 15 is 0 Å². The van der Waals surface area contributed by atoms with Gasteiger partial charge in [0, 0.05) is 38.3 Å². The monoisotopic (exact) mass is 1780 g/mol. The van der Waals surface area contributed by atoms with Gasteiger partial charge < -0.3 is 153 Å². The van der Waals surface area contributed by atoms with Crippen LogP contribution in [0.15, 0.2) is 30.3 Å². The van der Waals surface area contributed by atoms with E-state index < -0.39 is 46.9 Å². The molecule has 2 N–H and O–H groups in total. The molecule has 0 atom stereocenters. The number of rotatable bonds is 95. The molecule has 0 aromatic heterocycles. The third-order valence-corrected chi connectivity index (χ3v) is 16.1. The summed E-state index contributed by atoms with van der Waals surface area (Å²) in [5.41, 5.74) is -0.376. The fraction of sp³-hybridized carbons (Fsp3) is 0.765. The summed E-state index contributed by atoms with van der Waals surface area (Å²) in [6.45, 7) is 17.1. The van der Waals surface area contributed by atoms with Crippen LogP contribution in [0.5, 0.6) is 5.75 Å². The maximum absolute atomic E-state index is 13.6. The normalized spacial score (nSPS) is 12.2. The Kier molecular flexibility index (Phi) is 73.8. The Bertz CT molecular complexity index is 2860. The third kappa shape index (κ3) is 62.7. The molecule has 0 spiro atoms. The average molecular weight is 1780 g/mol. The lowest BCUT2D eigenvalue weighted by molar-refractivity contribution is -0.136. The maximum Gasteiger partial charge on any atom is 0.313 e. The molecule has 3 rings (SSSR count). The molecule has 123 heavy (non-hydrogen) atoms. The SMILES string of the molecule is O=CCCOCC(COCCC=O)(COCCC(=O)NCCOCCOCCOCCOCCOCCOCCOCCOCCOCCOCCOCCOCCC(=O)Oc1c(F)c(F)cc(F)c1F)NC(=O)CCOCCOCCOCCOCCOCCOCCOCCOCCOCCOCCOCCOCCN1C(=O)c2ccccc2C1=O. The molecule has 0 bridgehead atoms. The summed E-state index contributed by atoms with van der Waals surface area (Å²) in [4.78, 5) is 85.6. The van der Waals surface area contributed by atoms with E-state index in [2.05, 4.69) is 15.4 Å². The Labute approximate surface area is 716 Å². The number of carbonyl (C=O) groups excluding carboxylic acids is 7. The Morgan fingerprint density at radius 2 is 0.553 bits per heavy atom. The highest BCUT2D eigenvalue weighted by molar-refractivity contribution is 6.21. The first-order valence-corrected chi connectivity index (χ1v) is 41.5. The third-order valence-electron chi connectivity index (χ3n) is 16.1. The second-order valence-electron chi connectivity index (χ2n) is 25.8. The van der Waals surface area contributed by atoms with E-state index in [0.29, 0.717) is 281 Å². The molecule has 0 saturated heterocycles. The lowest BCUT2D eigenvalue weighted by Crippen LogP contribution is -2.58. The molecule has 0 fully saturated rings. The van der Waals surface area contributed by atoms with E-state index in [-0.39, 0.29) is 168 Å². The number of nitrogens with zero attached hydrogens (tertiary/aromatic N) is 1. The van der Waals surface area contributed by atoms with Gasteiger partial charge >= 0.3 is 5.97 Å². The van der Waals surface area contributed by atoms with Gasteiger partial charge in [0.05, 0.1) is 381 Å². The van der Waals surface area contributed by atoms with E-state index in [0.717, 1.165) is 0 Å². The first-order valence-electron chi connectivity index (χ1n) is 41.5. The number of aldehydes is 2.